The highest BCUT2D eigenvalue weighted by Gasteiger charge is 2.16. The molecule has 0 radical (unpaired) electrons. The summed E-state index contributed by atoms with van der Waals surface area (Å²) in [4.78, 5) is 18.9. The number of benzene rings is 1. The molecule has 6 heteroatoms. The Kier molecular flexibility index (Phi) is 4.42. The monoisotopic (exact) mass is 296 g/mol. The zero-order valence-electron chi connectivity index (χ0n) is 11.6. The lowest BCUT2D eigenvalue weighted by atomic mass is 9.97. The van der Waals surface area contributed by atoms with Crippen molar-refractivity contribution in [3.8, 4) is 23.4 Å². The van der Waals surface area contributed by atoms with Crippen LogP contribution in [0.1, 0.15) is 23.6 Å². The molecule has 1 heterocycles. The maximum absolute atomic E-state index is 12.0. The van der Waals surface area contributed by atoms with Crippen LogP contribution in [-0.4, -0.2) is 16.2 Å². The number of thioether (sulfide) groups is 1. The van der Waals surface area contributed by atoms with Gasteiger partial charge < -0.3 is 4.98 Å². The summed E-state index contributed by atoms with van der Waals surface area (Å²) in [5, 5.41) is 18.6. The van der Waals surface area contributed by atoms with Crippen LogP contribution in [0.5, 0.6) is 0 Å². The molecule has 1 N–H and O–H groups in total. The summed E-state index contributed by atoms with van der Waals surface area (Å²) in [6, 6.07) is 9.16. The van der Waals surface area contributed by atoms with Gasteiger partial charge in [-0.05, 0) is 30.4 Å². The van der Waals surface area contributed by atoms with Crippen molar-refractivity contribution in [3.05, 3.63) is 45.2 Å². The second kappa shape index (κ2) is 6.25. The van der Waals surface area contributed by atoms with E-state index in [0.717, 1.165) is 11.1 Å². The van der Waals surface area contributed by atoms with Crippen LogP contribution in [0.15, 0.2) is 28.2 Å². The summed E-state index contributed by atoms with van der Waals surface area (Å²) >= 11 is 1.30. The molecule has 0 aliphatic carbocycles. The highest BCUT2D eigenvalue weighted by Crippen LogP contribution is 2.26. The van der Waals surface area contributed by atoms with E-state index in [1.165, 1.54) is 11.8 Å². The van der Waals surface area contributed by atoms with Gasteiger partial charge in [0, 0.05) is 5.56 Å². The zero-order chi connectivity index (χ0) is 15.4. The average molecular weight is 296 g/mol. The van der Waals surface area contributed by atoms with Crippen LogP contribution in [-0.2, 0) is 6.42 Å². The predicted molar refractivity (Wildman–Crippen MR) is 80.9 cm³/mol. The van der Waals surface area contributed by atoms with E-state index in [2.05, 4.69) is 16.0 Å². The Hall–Kier alpha value is -2.57. The van der Waals surface area contributed by atoms with Crippen molar-refractivity contribution >= 4 is 11.8 Å². The van der Waals surface area contributed by atoms with Gasteiger partial charge in [-0.3, -0.25) is 4.79 Å². The van der Waals surface area contributed by atoms with Gasteiger partial charge in [0.15, 0.2) is 5.16 Å². The number of aromatic nitrogens is 2. The summed E-state index contributed by atoms with van der Waals surface area (Å²) in [5.41, 5.74) is 2.06. The fourth-order valence-electron chi connectivity index (χ4n) is 2.03. The van der Waals surface area contributed by atoms with Crippen LogP contribution >= 0.6 is 11.8 Å². The first kappa shape index (κ1) is 14.8. The topological polar surface area (TPSA) is 93.3 Å². The molecule has 0 saturated carbocycles. The Morgan fingerprint density at radius 2 is 2.10 bits per heavy atom. The first-order valence-corrected chi connectivity index (χ1v) is 7.48. The van der Waals surface area contributed by atoms with Crippen LogP contribution < -0.4 is 5.56 Å². The number of rotatable bonds is 3. The number of nitriles is 2. The summed E-state index contributed by atoms with van der Waals surface area (Å²) in [6.45, 7) is 1.95. The largest absolute Gasteiger partial charge is 0.300 e. The number of nitrogens with zero attached hydrogens (tertiary/aromatic N) is 3. The highest BCUT2D eigenvalue weighted by atomic mass is 32.2. The van der Waals surface area contributed by atoms with Gasteiger partial charge in [-0.2, -0.15) is 10.5 Å². The second-order valence-electron chi connectivity index (χ2n) is 4.25. The predicted octanol–water partition coefficient (Wildman–Crippen LogP) is 2.46. The van der Waals surface area contributed by atoms with E-state index in [1.807, 2.05) is 13.0 Å². The third kappa shape index (κ3) is 2.81. The molecule has 2 aromatic rings. The lowest BCUT2D eigenvalue weighted by Gasteiger charge is -2.10. The smallest absolute Gasteiger partial charge is 0.270 e. The minimum atomic E-state index is -0.446. The molecule has 5 nitrogen and oxygen atoms in total. The molecule has 0 aliphatic heterocycles. The molecule has 0 saturated heterocycles. The summed E-state index contributed by atoms with van der Waals surface area (Å²) < 4.78 is 0. The van der Waals surface area contributed by atoms with E-state index in [-0.39, 0.29) is 5.56 Å². The molecule has 0 bridgehead atoms. The first-order chi connectivity index (χ1) is 10.1. The molecule has 0 spiro atoms. The lowest BCUT2D eigenvalue weighted by molar-refractivity contribution is 0.935. The Labute approximate surface area is 126 Å². The number of aryl methyl sites for hydroxylation is 1. The minimum Gasteiger partial charge on any atom is -0.300 e. The molecule has 0 amide bonds. The molecule has 2 rings (SSSR count). The molecule has 0 atom stereocenters. The van der Waals surface area contributed by atoms with E-state index in [1.54, 1.807) is 24.5 Å². The fraction of sp³-hybridized carbons (Fsp3) is 0.200. The van der Waals surface area contributed by atoms with Crippen molar-refractivity contribution in [2.45, 2.75) is 18.5 Å². The molecule has 0 aliphatic rings. The number of aromatic amines is 1. The first-order valence-electron chi connectivity index (χ1n) is 6.26. The van der Waals surface area contributed by atoms with E-state index in [0.29, 0.717) is 22.8 Å². The molecular formula is C15H12N4OS. The Morgan fingerprint density at radius 3 is 2.67 bits per heavy atom. The Bertz CT molecular complexity index is 827. The van der Waals surface area contributed by atoms with Crippen molar-refractivity contribution < 1.29 is 0 Å². The van der Waals surface area contributed by atoms with Gasteiger partial charge >= 0.3 is 0 Å². The maximum atomic E-state index is 12.0. The zero-order valence-corrected chi connectivity index (χ0v) is 12.4. The number of nitrogens with one attached hydrogen (secondary N) is 1. The maximum Gasteiger partial charge on any atom is 0.270 e. The number of hydrogen-bond acceptors (Lipinski definition) is 5. The van der Waals surface area contributed by atoms with Crippen molar-refractivity contribution in [2.75, 3.05) is 6.26 Å². The van der Waals surface area contributed by atoms with Crippen molar-refractivity contribution in [1.82, 2.24) is 9.97 Å². The van der Waals surface area contributed by atoms with Crippen LogP contribution in [0.25, 0.3) is 11.3 Å². The molecule has 0 fully saturated rings. The number of H-pyrrole nitrogens is 1. The molecule has 1 aromatic heterocycles. The van der Waals surface area contributed by atoms with Crippen LogP contribution in [0.4, 0.5) is 0 Å². The normalized spacial score (nSPS) is 9.90. The second-order valence-corrected chi connectivity index (χ2v) is 5.04. The summed E-state index contributed by atoms with van der Waals surface area (Å²) in [6.07, 6.45) is 2.48. The van der Waals surface area contributed by atoms with Crippen molar-refractivity contribution in [2.24, 2.45) is 0 Å². The third-order valence-electron chi connectivity index (χ3n) is 3.07. The molecule has 21 heavy (non-hydrogen) atoms. The van der Waals surface area contributed by atoms with Crippen molar-refractivity contribution in [1.29, 1.82) is 10.5 Å². The fourth-order valence-corrected chi connectivity index (χ4v) is 2.41. The molecule has 104 valence electrons. The number of hydrogen-bond donors (Lipinski definition) is 1. The van der Waals surface area contributed by atoms with Gasteiger partial charge in [0.05, 0.1) is 17.3 Å². The molecular weight excluding hydrogens is 284 g/mol. The third-order valence-corrected chi connectivity index (χ3v) is 3.65. The van der Waals surface area contributed by atoms with Gasteiger partial charge in [-0.1, -0.05) is 24.8 Å². The van der Waals surface area contributed by atoms with Crippen LogP contribution in [0.2, 0.25) is 0 Å². The Morgan fingerprint density at radius 1 is 1.33 bits per heavy atom. The summed E-state index contributed by atoms with van der Waals surface area (Å²) in [5.74, 6) is 0. The SMILES string of the molecule is CCc1cc(C#N)ccc1-c1nc(SC)[nH]c(=O)c1C#N. The minimum absolute atomic E-state index is 0.00722. The standard InChI is InChI=1S/C15H12N4OS/c1-3-10-6-9(7-16)4-5-11(10)13-12(8-17)14(20)19-15(18-13)21-2/h4-6H,3H2,1-2H3,(H,18,19,20). The summed E-state index contributed by atoms with van der Waals surface area (Å²) in [7, 11) is 0. The molecule has 0 unspecified atom stereocenters. The lowest BCUT2D eigenvalue weighted by Crippen LogP contribution is -2.15. The van der Waals surface area contributed by atoms with Gasteiger partial charge in [-0.15, -0.1) is 0 Å². The van der Waals surface area contributed by atoms with Crippen LogP contribution in [0.3, 0.4) is 0 Å². The van der Waals surface area contributed by atoms with E-state index in [9.17, 15) is 10.1 Å². The van der Waals surface area contributed by atoms with Gasteiger partial charge in [0.25, 0.3) is 5.56 Å². The van der Waals surface area contributed by atoms with E-state index in [4.69, 9.17) is 5.26 Å². The Balaban J connectivity index is 2.78. The van der Waals surface area contributed by atoms with E-state index < -0.39 is 5.56 Å². The highest BCUT2D eigenvalue weighted by molar-refractivity contribution is 7.98. The van der Waals surface area contributed by atoms with Gasteiger partial charge in [-0.25, -0.2) is 4.98 Å². The van der Waals surface area contributed by atoms with Gasteiger partial charge in [0.2, 0.25) is 0 Å². The van der Waals surface area contributed by atoms with Crippen LogP contribution in [0, 0.1) is 22.7 Å². The van der Waals surface area contributed by atoms with E-state index >= 15 is 0 Å². The van der Waals surface area contributed by atoms with Crippen molar-refractivity contribution in [3.63, 3.8) is 0 Å². The quantitative estimate of drug-likeness (QED) is 0.693. The van der Waals surface area contributed by atoms with Gasteiger partial charge in [0.1, 0.15) is 11.6 Å². The average Bonchev–Trinajstić information content (AvgIpc) is 2.53. The molecule has 1 aromatic carbocycles.